The third-order valence-corrected chi connectivity index (χ3v) is 5.90. The van der Waals surface area contributed by atoms with E-state index in [0.29, 0.717) is 42.4 Å². The summed E-state index contributed by atoms with van der Waals surface area (Å²) in [5.41, 5.74) is 3.20. The molecule has 2 aliphatic rings. The van der Waals surface area contributed by atoms with Gasteiger partial charge < -0.3 is 14.7 Å². The van der Waals surface area contributed by atoms with Crippen molar-refractivity contribution in [3.05, 3.63) is 65.4 Å². The second-order valence-electron chi connectivity index (χ2n) is 8.10. The van der Waals surface area contributed by atoms with Gasteiger partial charge in [-0.05, 0) is 62.4 Å². The number of aryl methyl sites for hydroxylation is 1. The third kappa shape index (κ3) is 4.08. The zero-order chi connectivity index (χ0) is 22.0. The first-order valence-electron chi connectivity index (χ1n) is 10.8. The van der Waals surface area contributed by atoms with Crippen LogP contribution in [-0.4, -0.2) is 48.1 Å². The van der Waals surface area contributed by atoms with E-state index in [1.807, 2.05) is 43.0 Å². The number of ether oxygens (including phenoxy) is 1. The van der Waals surface area contributed by atoms with Gasteiger partial charge in [0.25, 0.3) is 11.8 Å². The molecule has 1 unspecified atom stereocenters. The largest absolute Gasteiger partial charge is 0.494 e. The first kappa shape index (κ1) is 21.1. The van der Waals surface area contributed by atoms with Gasteiger partial charge in [-0.1, -0.05) is 29.8 Å². The number of benzene rings is 2. The number of imide groups is 1. The molecule has 2 aromatic carbocycles. The molecule has 0 radical (unpaired) electrons. The van der Waals surface area contributed by atoms with Crippen molar-refractivity contribution >= 4 is 23.1 Å². The van der Waals surface area contributed by atoms with Crippen LogP contribution in [0, 0.1) is 12.8 Å². The molecule has 6 nitrogen and oxygen atoms in total. The summed E-state index contributed by atoms with van der Waals surface area (Å²) in [5, 5.41) is 9.67. The fourth-order valence-corrected chi connectivity index (χ4v) is 4.30. The lowest BCUT2D eigenvalue weighted by Crippen LogP contribution is -2.40. The van der Waals surface area contributed by atoms with E-state index in [2.05, 4.69) is 0 Å². The minimum absolute atomic E-state index is 0.0778. The third-order valence-electron chi connectivity index (χ3n) is 5.90. The predicted octanol–water partition coefficient (Wildman–Crippen LogP) is 3.38. The fourth-order valence-electron chi connectivity index (χ4n) is 4.30. The molecule has 0 saturated carbocycles. The van der Waals surface area contributed by atoms with Gasteiger partial charge in [0.2, 0.25) is 0 Å². The van der Waals surface area contributed by atoms with Crippen LogP contribution in [-0.2, 0) is 9.59 Å². The van der Waals surface area contributed by atoms with Crippen LogP contribution in [0.5, 0.6) is 5.75 Å². The van der Waals surface area contributed by atoms with Gasteiger partial charge in [0, 0.05) is 19.7 Å². The Morgan fingerprint density at radius 1 is 1.03 bits per heavy atom. The van der Waals surface area contributed by atoms with Gasteiger partial charge in [-0.2, -0.15) is 0 Å². The highest BCUT2D eigenvalue weighted by molar-refractivity contribution is 6.45. The van der Waals surface area contributed by atoms with E-state index < -0.39 is 0 Å². The quantitative estimate of drug-likeness (QED) is 0.726. The molecule has 1 saturated heterocycles. The molecule has 0 aliphatic carbocycles. The molecule has 31 heavy (non-hydrogen) atoms. The number of aliphatic hydroxyl groups is 1. The lowest BCUT2D eigenvalue weighted by molar-refractivity contribution is -0.120. The topological polar surface area (TPSA) is 70.1 Å². The van der Waals surface area contributed by atoms with Gasteiger partial charge in [-0.25, -0.2) is 4.90 Å². The summed E-state index contributed by atoms with van der Waals surface area (Å²) in [7, 11) is 0. The molecule has 2 aliphatic heterocycles. The molecule has 0 spiro atoms. The minimum atomic E-state index is -0.320. The maximum Gasteiger partial charge on any atom is 0.282 e. The number of hydrogen-bond donors (Lipinski definition) is 1. The van der Waals surface area contributed by atoms with Crippen molar-refractivity contribution in [2.75, 3.05) is 31.2 Å². The average molecular weight is 421 g/mol. The molecule has 1 atom stereocenters. The number of carbonyl (C=O) groups excluding carboxylic acids is 2. The summed E-state index contributed by atoms with van der Waals surface area (Å²) in [6.45, 7) is 5.78. The summed E-state index contributed by atoms with van der Waals surface area (Å²) in [6.07, 6.45) is 1.80. The van der Waals surface area contributed by atoms with E-state index in [1.54, 1.807) is 24.3 Å². The van der Waals surface area contributed by atoms with Gasteiger partial charge in [0.15, 0.2) is 0 Å². The van der Waals surface area contributed by atoms with E-state index in [0.717, 1.165) is 24.0 Å². The highest BCUT2D eigenvalue weighted by atomic mass is 16.5. The Morgan fingerprint density at radius 3 is 2.39 bits per heavy atom. The zero-order valence-electron chi connectivity index (χ0n) is 18.0. The second kappa shape index (κ2) is 8.94. The van der Waals surface area contributed by atoms with Crippen molar-refractivity contribution in [1.82, 2.24) is 4.90 Å². The van der Waals surface area contributed by atoms with Crippen LogP contribution in [0.2, 0.25) is 0 Å². The molecule has 2 amide bonds. The van der Waals surface area contributed by atoms with Crippen molar-refractivity contribution in [3.8, 4) is 5.75 Å². The summed E-state index contributed by atoms with van der Waals surface area (Å²) >= 11 is 0. The number of nitrogens with zero attached hydrogens (tertiary/aromatic N) is 2. The molecule has 4 rings (SSSR count). The Hall–Kier alpha value is -3.12. The van der Waals surface area contributed by atoms with Crippen molar-refractivity contribution < 1.29 is 19.4 Å². The molecule has 162 valence electrons. The molecule has 0 bridgehead atoms. The molecule has 2 aromatic rings. The second-order valence-corrected chi connectivity index (χ2v) is 8.10. The van der Waals surface area contributed by atoms with Crippen LogP contribution >= 0.6 is 0 Å². The number of likely N-dealkylation sites (tertiary alicyclic amines) is 1. The van der Waals surface area contributed by atoms with E-state index in [-0.39, 0.29) is 24.3 Å². The first-order valence-corrected chi connectivity index (χ1v) is 10.8. The number of amides is 2. The highest BCUT2D eigenvalue weighted by Crippen LogP contribution is 2.37. The number of carbonyl (C=O) groups is 2. The van der Waals surface area contributed by atoms with Crippen molar-refractivity contribution in [2.24, 2.45) is 5.92 Å². The van der Waals surface area contributed by atoms with Gasteiger partial charge >= 0.3 is 0 Å². The van der Waals surface area contributed by atoms with Crippen LogP contribution in [0.3, 0.4) is 0 Å². The van der Waals surface area contributed by atoms with Crippen molar-refractivity contribution in [3.63, 3.8) is 0 Å². The highest BCUT2D eigenvalue weighted by Gasteiger charge is 2.43. The van der Waals surface area contributed by atoms with Crippen LogP contribution in [0.15, 0.2) is 54.2 Å². The number of piperidine rings is 1. The molecule has 0 aromatic heterocycles. The normalized spacial score (nSPS) is 19.4. The van der Waals surface area contributed by atoms with Gasteiger partial charge in [0.05, 0.1) is 17.9 Å². The number of hydrogen-bond acceptors (Lipinski definition) is 5. The Labute approximate surface area is 182 Å². The zero-order valence-corrected chi connectivity index (χ0v) is 18.0. The van der Waals surface area contributed by atoms with E-state index in [4.69, 9.17) is 4.74 Å². The Balaban J connectivity index is 1.75. The van der Waals surface area contributed by atoms with E-state index >= 15 is 0 Å². The van der Waals surface area contributed by atoms with Crippen LogP contribution in [0.25, 0.3) is 5.57 Å². The van der Waals surface area contributed by atoms with Gasteiger partial charge in [0.1, 0.15) is 11.4 Å². The number of rotatable bonds is 6. The number of aliphatic hydroxyl groups excluding tert-OH is 1. The van der Waals surface area contributed by atoms with Crippen LogP contribution < -0.4 is 9.64 Å². The lowest BCUT2D eigenvalue weighted by atomic mass is 9.96. The molecule has 1 fully saturated rings. The van der Waals surface area contributed by atoms with E-state index in [1.165, 1.54) is 4.90 Å². The maximum atomic E-state index is 13.6. The Kier molecular flexibility index (Phi) is 6.09. The fraction of sp³-hybridized carbons (Fsp3) is 0.360. The van der Waals surface area contributed by atoms with Crippen molar-refractivity contribution in [2.45, 2.75) is 26.7 Å². The summed E-state index contributed by atoms with van der Waals surface area (Å²) in [6, 6.07) is 14.7. The molecular weight excluding hydrogens is 392 g/mol. The average Bonchev–Trinajstić information content (AvgIpc) is 3.05. The minimum Gasteiger partial charge on any atom is -0.494 e. The van der Waals surface area contributed by atoms with Crippen LogP contribution in [0.4, 0.5) is 5.69 Å². The summed E-state index contributed by atoms with van der Waals surface area (Å²) < 4.78 is 5.49. The molecule has 6 heteroatoms. The van der Waals surface area contributed by atoms with Crippen LogP contribution in [0.1, 0.15) is 30.9 Å². The number of anilines is 1. The maximum absolute atomic E-state index is 13.6. The Morgan fingerprint density at radius 2 is 1.74 bits per heavy atom. The SMILES string of the molecule is CCOc1ccc(N2C(=O)C(c3ccc(C)cc3)=C(N3CCCC(CO)C3)C2=O)cc1. The monoisotopic (exact) mass is 420 g/mol. The lowest BCUT2D eigenvalue weighted by Gasteiger charge is -2.34. The van der Waals surface area contributed by atoms with Gasteiger partial charge in [-0.15, -0.1) is 0 Å². The predicted molar refractivity (Wildman–Crippen MR) is 120 cm³/mol. The Bertz CT molecular complexity index is 995. The summed E-state index contributed by atoms with van der Waals surface area (Å²) in [5.74, 6) is 0.157. The van der Waals surface area contributed by atoms with E-state index in [9.17, 15) is 14.7 Å². The molecule has 1 N–H and O–H groups in total. The van der Waals surface area contributed by atoms with Crippen molar-refractivity contribution in [1.29, 1.82) is 0 Å². The molecular formula is C25H28N2O4. The summed E-state index contributed by atoms with van der Waals surface area (Å²) in [4.78, 5) is 30.4. The van der Waals surface area contributed by atoms with Gasteiger partial charge in [-0.3, -0.25) is 9.59 Å². The smallest absolute Gasteiger partial charge is 0.282 e. The standard InChI is InChI=1S/C25H28N2O4/c1-3-31-21-12-10-20(11-13-21)27-24(29)22(19-8-6-17(2)7-9-19)23(25(27)30)26-14-4-5-18(15-26)16-28/h6-13,18,28H,3-5,14-16H2,1-2H3. The molecule has 2 heterocycles. The first-order chi connectivity index (χ1) is 15.0.